The molecule has 1 amide bonds. The van der Waals surface area contributed by atoms with Gasteiger partial charge in [0.2, 0.25) is 0 Å². The standard InChI is InChI=1S/C13H20N2O5S/c1-5-21(18,19)8-9(2)15(3)12(16)10-6-11(14-7-10)13(17)20-4/h6-7,9,14H,5,8H2,1-4H3. The van der Waals surface area contributed by atoms with Crippen LogP contribution in [0, 0.1) is 0 Å². The molecule has 21 heavy (non-hydrogen) atoms. The molecule has 118 valence electrons. The fraction of sp³-hybridized carbons (Fsp3) is 0.538. The highest BCUT2D eigenvalue weighted by Gasteiger charge is 2.23. The molecule has 8 heteroatoms. The third-order valence-electron chi connectivity index (χ3n) is 3.25. The summed E-state index contributed by atoms with van der Waals surface area (Å²) in [5.41, 5.74) is 0.446. The van der Waals surface area contributed by atoms with E-state index in [4.69, 9.17) is 0 Å². The van der Waals surface area contributed by atoms with Gasteiger partial charge in [0.15, 0.2) is 9.84 Å². The lowest BCUT2D eigenvalue weighted by Crippen LogP contribution is -2.39. The van der Waals surface area contributed by atoms with Crippen molar-refractivity contribution in [3.05, 3.63) is 23.5 Å². The summed E-state index contributed by atoms with van der Waals surface area (Å²) in [6.07, 6.45) is 1.39. The Morgan fingerprint density at radius 2 is 2.05 bits per heavy atom. The van der Waals surface area contributed by atoms with Gasteiger partial charge >= 0.3 is 5.97 Å². The molecule has 0 saturated heterocycles. The molecule has 0 radical (unpaired) electrons. The average Bonchev–Trinajstić information content (AvgIpc) is 2.94. The normalized spacial score (nSPS) is 12.8. The number of aromatic amines is 1. The Labute approximate surface area is 124 Å². The molecule has 7 nitrogen and oxygen atoms in total. The summed E-state index contributed by atoms with van der Waals surface area (Å²) in [6, 6.07) is 0.921. The van der Waals surface area contributed by atoms with Crippen LogP contribution in [0.5, 0.6) is 0 Å². The van der Waals surface area contributed by atoms with Crippen molar-refractivity contribution in [2.75, 3.05) is 25.7 Å². The quantitative estimate of drug-likeness (QED) is 0.779. The van der Waals surface area contributed by atoms with Gasteiger partial charge in [-0.05, 0) is 13.0 Å². The van der Waals surface area contributed by atoms with Gasteiger partial charge in [0.1, 0.15) is 5.69 Å². The molecule has 1 aromatic rings. The number of ether oxygens (including phenoxy) is 1. The van der Waals surface area contributed by atoms with Gasteiger partial charge in [0, 0.05) is 25.0 Å². The Morgan fingerprint density at radius 1 is 1.43 bits per heavy atom. The molecule has 0 aliphatic carbocycles. The Bertz CT molecular complexity index is 620. The van der Waals surface area contributed by atoms with Gasteiger partial charge in [-0.15, -0.1) is 0 Å². The van der Waals surface area contributed by atoms with Crippen LogP contribution in [0.25, 0.3) is 0 Å². The molecule has 1 unspecified atom stereocenters. The monoisotopic (exact) mass is 316 g/mol. The zero-order valence-corrected chi connectivity index (χ0v) is 13.4. The maximum absolute atomic E-state index is 12.2. The number of nitrogens with zero attached hydrogens (tertiary/aromatic N) is 1. The summed E-state index contributed by atoms with van der Waals surface area (Å²) >= 11 is 0. The minimum Gasteiger partial charge on any atom is -0.464 e. The van der Waals surface area contributed by atoms with E-state index in [2.05, 4.69) is 9.72 Å². The van der Waals surface area contributed by atoms with Crippen LogP contribution in [0.4, 0.5) is 0 Å². The molecule has 0 aliphatic heterocycles. The van der Waals surface area contributed by atoms with Crippen molar-refractivity contribution in [2.24, 2.45) is 0 Å². The lowest BCUT2D eigenvalue weighted by molar-refractivity contribution is 0.0595. The second-order valence-electron chi connectivity index (χ2n) is 4.76. The van der Waals surface area contributed by atoms with Crippen molar-refractivity contribution in [1.29, 1.82) is 0 Å². The highest BCUT2D eigenvalue weighted by atomic mass is 32.2. The van der Waals surface area contributed by atoms with Gasteiger partial charge < -0.3 is 14.6 Å². The zero-order chi connectivity index (χ0) is 16.2. The number of rotatable bonds is 6. The first-order valence-electron chi connectivity index (χ1n) is 6.46. The van der Waals surface area contributed by atoms with Crippen LogP contribution in [0.1, 0.15) is 34.7 Å². The number of carbonyl (C=O) groups excluding carboxylic acids is 2. The molecule has 1 aromatic heterocycles. The topological polar surface area (TPSA) is 96.5 Å². The third-order valence-corrected chi connectivity index (χ3v) is 5.12. The molecule has 0 aromatic carbocycles. The van der Waals surface area contributed by atoms with Crippen molar-refractivity contribution in [3.8, 4) is 0 Å². The largest absolute Gasteiger partial charge is 0.464 e. The molecular weight excluding hydrogens is 296 g/mol. The molecule has 0 aliphatic rings. The number of hydrogen-bond donors (Lipinski definition) is 1. The Balaban J connectivity index is 2.83. The third kappa shape index (κ3) is 4.32. The van der Waals surface area contributed by atoms with Gasteiger partial charge in [-0.25, -0.2) is 13.2 Å². The molecule has 0 bridgehead atoms. The average molecular weight is 316 g/mol. The van der Waals surface area contributed by atoms with Crippen LogP contribution < -0.4 is 0 Å². The van der Waals surface area contributed by atoms with E-state index in [1.54, 1.807) is 13.8 Å². The van der Waals surface area contributed by atoms with E-state index in [0.29, 0.717) is 0 Å². The number of nitrogens with one attached hydrogen (secondary N) is 1. The number of aromatic nitrogens is 1. The van der Waals surface area contributed by atoms with Gasteiger partial charge in [-0.2, -0.15) is 0 Å². The molecule has 1 heterocycles. The molecular formula is C13H20N2O5S. The second kappa shape index (κ2) is 6.75. The summed E-state index contributed by atoms with van der Waals surface area (Å²) in [7, 11) is -0.392. The number of sulfone groups is 1. The van der Waals surface area contributed by atoms with Gasteiger partial charge in [-0.3, -0.25) is 4.79 Å². The maximum Gasteiger partial charge on any atom is 0.354 e. The van der Waals surface area contributed by atoms with E-state index in [1.165, 1.54) is 31.3 Å². The first-order chi connectivity index (χ1) is 9.71. The van der Waals surface area contributed by atoms with Crippen molar-refractivity contribution in [1.82, 2.24) is 9.88 Å². The van der Waals surface area contributed by atoms with E-state index in [9.17, 15) is 18.0 Å². The van der Waals surface area contributed by atoms with Crippen molar-refractivity contribution >= 4 is 21.7 Å². The summed E-state index contributed by atoms with van der Waals surface area (Å²) in [6.45, 7) is 3.23. The van der Waals surface area contributed by atoms with E-state index in [0.717, 1.165) is 0 Å². The summed E-state index contributed by atoms with van der Waals surface area (Å²) in [5, 5.41) is 0. The SMILES string of the molecule is CCS(=O)(=O)CC(C)N(C)C(=O)c1c[nH]c(C(=O)OC)c1. The fourth-order valence-corrected chi connectivity index (χ4v) is 2.94. The maximum atomic E-state index is 12.2. The molecule has 0 spiro atoms. The molecule has 1 N–H and O–H groups in total. The lowest BCUT2D eigenvalue weighted by atomic mass is 10.2. The smallest absolute Gasteiger partial charge is 0.354 e. The fourth-order valence-electron chi connectivity index (χ4n) is 1.75. The first kappa shape index (κ1) is 17.2. The van der Waals surface area contributed by atoms with E-state index >= 15 is 0 Å². The number of H-pyrrole nitrogens is 1. The highest BCUT2D eigenvalue weighted by Crippen LogP contribution is 2.11. The van der Waals surface area contributed by atoms with E-state index in [-0.39, 0.29) is 28.7 Å². The van der Waals surface area contributed by atoms with Crippen LogP contribution in [-0.2, 0) is 14.6 Å². The number of amides is 1. The number of hydrogen-bond acceptors (Lipinski definition) is 5. The van der Waals surface area contributed by atoms with Crippen LogP contribution in [0.15, 0.2) is 12.3 Å². The number of methoxy groups -OCH3 is 1. The summed E-state index contributed by atoms with van der Waals surface area (Å²) < 4.78 is 27.7. The minimum atomic E-state index is -3.17. The first-order valence-corrected chi connectivity index (χ1v) is 8.28. The second-order valence-corrected chi connectivity index (χ2v) is 7.16. The van der Waals surface area contributed by atoms with Crippen LogP contribution in [0.3, 0.4) is 0 Å². The van der Waals surface area contributed by atoms with Crippen molar-refractivity contribution in [3.63, 3.8) is 0 Å². The Kier molecular flexibility index (Phi) is 5.54. The van der Waals surface area contributed by atoms with Gasteiger partial charge in [0.05, 0.1) is 18.4 Å². The molecule has 1 atom stereocenters. The number of carbonyl (C=O) groups is 2. The number of esters is 1. The minimum absolute atomic E-state index is 0.0377. The van der Waals surface area contributed by atoms with Gasteiger partial charge in [-0.1, -0.05) is 6.92 Å². The molecule has 1 rings (SSSR count). The predicted octanol–water partition coefficient (Wildman–Crippen LogP) is 0.696. The predicted molar refractivity (Wildman–Crippen MR) is 78.0 cm³/mol. The van der Waals surface area contributed by atoms with Gasteiger partial charge in [0.25, 0.3) is 5.91 Å². The summed E-state index contributed by atoms with van der Waals surface area (Å²) in [5.74, 6) is -0.991. The molecule has 0 saturated carbocycles. The van der Waals surface area contributed by atoms with E-state index < -0.39 is 21.8 Å². The highest BCUT2D eigenvalue weighted by molar-refractivity contribution is 7.91. The Hall–Kier alpha value is -1.83. The zero-order valence-electron chi connectivity index (χ0n) is 12.5. The van der Waals surface area contributed by atoms with E-state index in [1.807, 2.05) is 0 Å². The Morgan fingerprint density at radius 3 is 2.57 bits per heavy atom. The van der Waals surface area contributed by atoms with Crippen molar-refractivity contribution < 1.29 is 22.7 Å². The van der Waals surface area contributed by atoms with Crippen LogP contribution >= 0.6 is 0 Å². The van der Waals surface area contributed by atoms with Crippen molar-refractivity contribution in [2.45, 2.75) is 19.9 Å². The lowest BCUT2D eigenvalue weighted by Gasteiger charge is -2.24. The van der Waals surface area contributed by atoms with Crippen LogP contribution in [-0.4, -0.2) is 61.9 Å². The molecule has 0 fully saturated rings. The summed E-state index contributed by atoms with van der Waals surface area (Å²) in [4.78, 5) is 27.6. The van der Waals surface area contributed by atoms with Crippen LogP contribution in [0.2, 0.25) is 0 Å².